The van der Waals surface area contributed by atoms with Gasteiger partial charge in [-0.05, 0) is 29.7 Å². The van der Waals surface area contributed by atoms with Crippen LogP contribution >= 0.6 is 11.6 Å². The molecule has 1 aromatic rings. The Balaban J connectivity index is 2.02. The molecule has 1 saturated carbocycles. The number of hydrogen-bond acceptors (Lipinski definition) is 3. The molecule has 0 aromatic carbocycles. The van der Waals surface area contributed by atoms with E-state index in [1.165, 1.54) is 24.1 Å². The normalized spacial score (nSPS) is 31.4. The molecule has 2 aliphatic carbocycles. The fourth-order valence-electron chi connectivity index (χ4n) is 3.80. The SMILES string of the molecule is CC1(C)[C@@H]2CC[C@@]1(C)c1nc(NCCCl)ncc12. The highest BCUT2D eigenvalue weighted by molar-refractivity contribution is 6.18. The smallest absolute Gasteiger partial charge is 0.222 e. The maximum Gasteiger partial charge on any atom is 0.222 e. The summed E-state index contributed by atoms with van der Waals surface area (Å²) in [5.41, 5.74) is 3.13. The molecule has 1 N–H and O–H groups in total. The van der Waals surface area contributed by atoms with Crippen molar-refractivity contribution >= 4 is 17.5 Å². The van der Waals surface area contributed by atoms with Gasteiger partial charge in [0, 0.05) is 24.0 Å². The van der Waals surface area contributed by atoms with Crippen molar-refractivity contribution in [2.45, 2.75) is 44.9 Å². The predicted molar refractivity (Wildman–Crippen MR) is 74.3 cm³/mol. The maximum atomic E-state index is 5.69. The lowest BCUT2D eigenvalue weighted by atomic mass is 9.70. The fourth-order valence-corrected chi connectivity index (χ4v) is 3.90. The summed E-state index contributed by atoms with van der Waals surface area (Å²) < 4.78 is 0. The van der Waals surface area contributed by atoms with Crippen LogP contribution in [0.3, 0.4) is 0 Å². The molecule has 0 radical (unpaired) electrons. The summed E-state index contributed by atoms with van der Waals surface area (Å²) in [5, 5.41) is 3.17. The minimum atomic E-state index is 0.202. The third-order valence-electron chi connectivity index (χ3n) is 5.32. The van der Waals surface area contributed by atoms with E-state index >= 15 is 0 Å². The third-order valence-corrected chi connectivity index (χ3v) is 5.51. The number of halogens is 1. The van der Waals surface area contributed by atoms with Crippen LogP contribution in [0.1, 0.15) is 50.8 Å². The number of alkyl halides is 1. The molecule has 0 saturated heterocycles. The Morgan fingerprint density at radius 3 is 2.94 bits per heavy atom. The Morgan fingerprint density at radius 1 is 1.44 bits per heavy atom. The second-order valence-electron chi connectivity index (χ2n) is 6.26. The highest BCUT2D eigenvalue weighted by Gasteiger charge is 2.60. The molecule has 0 spiro atoms. The van der Waals surface area contributed by atoms with Crippen LogP contribution in [0.2, 0.25) is 0 Å². The van der Waals surface area contributed by atoms with Gasteiger partial charge in [-0.2, -0.15) is 0 Å². The minimum absolute atomic E-state index is 0.202. The van der Waals surface area contributed by atoms with Crippen molar-refractivity contribution in [1.29, 1.82) is 0 Å². The van der Waals surface area contributed by atoms with Crippen molar-refractivity contribution < 1.29 is 0 Å². The van der Waals surface area contributed by atoms with Gasteiger partial charge in [0.25, 0.3) is 0 Å². The quantitative estimate of drug-likeness (QED) is 0.852. The zero-order valence-corrected chi connectivity index (χ0v) is 12.0. The average Bonchev–Trinajstić information content (AvgIpc) is 2.67. The van der Waals surface area contributed by atoms with Crippen molar-refractivity contribution in [1.82, 2.24) is 9.97 Å². The lowest BCUT2D eigenvalue weighted by Crippen LogP contribution is -2.32. The summed E-state index contributed by atoms with van der Waals surface area (Å²) >= 11 is 5.69. The van der Waals surface area contributed by atoms with Crippen LogP contribution in [0.15, 0.2) is 6.20 Å². The van der Waals surface area contributed by atoms with Crippen LogP contribution in [0.25, 0.3) is 0 Å². The molecule has 0 unspecified atom stereocenters. The van der Waals surface area contributed by atoms with Crippen LogP contribution in [-0.4, -0.2) is 22.4 Å². The Kier molecular flexibility index (Phi) is 2.60. The van der Waals surface area contributed by atoms with Gasteiger partial charge in [0.2, 0.25) is 5.95 Å². The van der Waals surface area contributed by atoms with Crippen LogP contribution in [-0.2, 0) is 5.41 Å². The first-order valence-electron chi connectivity index (χ1n) is 6.68. The number of nitrogens with one attached hydrogen (secondary N) is 1. The van der Waals surface area contributed by atoms with E-state index in [1.807, 2.05) is 6.20 Å². The highest BCUT2D eigenvalue weighted by Crippen LogP contribution is 2.66. The van der Waals surface area contributed by atoms with Crippen molar-refractivity contribution in [2.24, 2.45) is 5.41 Å². The second kappa shape index (κ2) is 3.83. The first-order valence-corrected chi connectivity index (χ1v) is 7.21. The van der Waals surface area contributed by atoms with Crippen molar-refractivity contribution in [3.63, 3.8) is 0 Å². The minimum Gasteiger partial charge on any atom is -0.353 e. The fraction of sp³-hybridized carbons (Fsp3) is 0.714. The highest BCUT2D eigenvalue weighted by atomic mass is 35.5. The van der Waals surface area contributed by atoms with Gasteiger partial charge in [-0.25, -0.2) is 9.97 Å². The summed E-state index contributed by atoms with van der Waals surface area (Å²) in [4.78, 5) is 9.18. The van der Waals surface area contributed by atoms with Gasteiger partial charge in [0.05, 0.1) is 5.69 Å². The third kappa shape index (κ3) is 1.37. The molecule has 3 nitrogen and oxygen atoms in total. The van der Waals surface area contributed by atoms with Gasteiger partial charge in [0.1, 0.15) is 0 Å². The zero-order chi connectivity index (χ0) is 13.0. The number of fused-ring (bicyclic) bond motifs is 5. The van der Waals surface area contributed by atoms with Crippen LogP contribution in [0.4, 0.5) is 5.95 Å². The largest absolute Gasteiger partial charge is 0.353 e. The van der Waals surface area contributed by atoms with Crippen LogP contribution in [0, 0.1) is 5.41 Å². The van der Waals surface area contributed by atoms with Crippen LogP contribution < -0.4 is 5.32 Å². The number of nitrogens with zero attached hydrogens (tertiary/aromatic N) is 2. The molecule has 2 atom stereocenters. The number of anilines is 1. The molecule has 0 aliphatic heterocycles. The van der Waals surface area contributed by atoms with Gasteiger partial charge in [-0.1, -0.05) is 20.8 Å². The molecule has 4 heteroatoms. The van der Waals surface area contributed by atoms with E-state index in [0.717, 1.165) is 5.95 Å². The van der Waals surface area contributed by atoms with Crippen molar-refractivity contribution in [2.75, 3.05) is 17.7 Å². The lowest BCUT2D eigenvalue weighted by Gasteiger charge is -2.34. The van der Waals surface area contributed by atoms with E-state index in [9.17, 15) is 0 Å². The summed E-state index contributed by atoms with van der Waals surface area (Å²) in [5.74, 6) is 1.92. The molecule has 18 heavy (non-hydrogen) atoms. The molecular weight excluding hydrogens is 246 g/mol. The molecule has 0 amide bonds. The maximum absolute atomic E-state index is 5.69. The molecule has 1 heterocycles. The summed E-state index contributed by atoms with van der Waals surface area (Å²) in [6, 6.07) is 0. The molecule has 3 rings (SSSR count). The van der Waals surface area contributed by atoms with E-state index < -0.39 is 0 Å². The van der Waals surface area contributed by atoms with Gasteiger partial charge >= 0.3 is 0 Å². The predicted octanol–water partition coefficient (Wildman–Crippen LogP) is 3.30. The van der Waals surface area contributed by atoms with E-state index in [0.29, 0.717) is 23.8 Å². The number of rotatable bonds is 3. The Bertz CT molecular complexity index is 486. The Labute approximate surface area is 113 Å². The Morgan fingerprint density at radius 2 is 2.22 bits per heavy atom. The van der Waals surface area contributed by atoms with Gasteiger partial charge in [-0.15, -0.1) is 11.6 Å². The average molecular weight is 266 g/mol. The Hall–Kier alpha value is -0.830. The summed E-state index contributed by atoms with van der Waals surface area (Å²) in [7, 11) is 0. The monoisotopic (exact) mass is 265 g/mol. The zero-order valence-electron chi connectivity index (χ0n) is 11.3. The first kappa shape index (κ1) is 12.2. The van der Waals surface area contributed by atoms with E-state index in [1.54, 1.807) is 0 Å². The number of hydrogen-bond donors (Lipinski definition) is 1. The number of aromatic nitrogens is 2. The van der Waals surface area contributed by atoms with Gasteiger partial charge < -0.3 is 5.32 Å². The molecule has 2 aliphatic rings. The molecule has 1 fully saturated rings. The van der Waals surface area contributed by atoms with E-state index in [4.69, 9.17) is 16.6 Å². The topological polar surface area (TPSA) is 37.8 Å². The first-order chi connectivity index (χ1) is 8.50. The molecular formula is C14H20ClN3. The molecule has 2 bridgehead atoms. The molecule has 1 aromatic heterocycles. The summed E-state index contributed by atoms with van der Waals surface area (Å²) in [6.45, 7) is 7.82. The van der Waals surface area contributed by atoms with E-state index in [-0.39, 0.29) is 5.41 Å². The van der Waals surface area contributed by atoms with Gasteiger partial charge in [-0.3, -0.25) is 0 Å². The molecule has 98 valence electrons. The second-order valence-corrected chi connectivity index (χ2v) is 6.64. The van der Waals surface area contributed by atoms with Crippen LogP contribution in [0.5, 0.6) is 0 Å². The lowest BCUT2D eigenvalue weighted by molar-refractivity contribution is 0.227. The van der Waals surface area contributed by atoms with E-state index in [2.05, 4.69) is 31.1 Å². The van der Waals surface area contributed by atoms with Crippen molar-refractivity contribution in [3.05, 3.63) is 17.5 Å². The van der Waals surface area contributed by atoms with Crippen molar-refractivity contribution in [3.8, 4) is 0 Å². The van der Waals surface area contributed by atoms with Gasteiger partial charge in [0.15, 0.2) is 0 Å². The summed E-state index contributed by atoms with van der Waals surface area (Å²) in [6.07, 6.45) is 4.54. The standard InChI is InChI=1S/C14H20ClN3/c1-13(2)10-4-5-14(13,3)11-9(10)8-17-12(18-11)16-7-6-15/h8,10H,4-7H2,1-3H3,(H,16,17,18)/t10-,14+/m1/s1.